The minimum atomic E-state index is -0.661. The van der Waals surface area contributed by atoms with Gasteiger partial charge in [-0.15, -0.1) is 0 Å². The Balaban J connectivity index is 1.45. The molecule has 0 saturated carbocycles. The van der Waals surface area contributed by atoms with Gasteiger partial charge in [-0.2, -0.15) is 0 Å². The molecule has 0 aromatic heterocycles. The van der Waals surface area contributed by atoms with Crippen molar-refractivity contribution in [1.82, 2.24) is 0 Å². The van der Waals surface area contributed by atoms with E-state index in [1.165, 1.54) is 24.3 Å². The van der Waals surface area contributed by atoms with Crippen molar-refractivity contribution in [3.63, 3.8) is 0 Å². The van der Waals surface area contributed by atoms with Gasteiger partial charge in [0, 0.05) is 12.1 Å². The summed E-state index contributed by atoms with van der Waals surface area (Å²) in [7, 11) is 0. The summed E-state index contributed by atoms with van der Waals surface area (Å²) in [6.45, 7) is 0.364. The summed E-state index contributed by atoms with van der Waals surface area (Å²) in [6, 6.07) is 9.84. The maximum Gasteiger partial charge on any atom is 0.338 e. The number of hydrogen-bond acceptors (Lipinski definition) is 5. The first-order valence-electron chi connectivity index (χ1n) is 8.70. The van der Waals surface area contributed by atoms with E-state index in [0.717, 1.165) is 25.1 Å². The molecule has 2 aromatic carbocycles. The van der Waals surface area contributed by atoms with Gasteiger partial charge in [0.25, 0.3) is 0 Å². The number of Topliss-reactive ketones (excluding diaryl/α,β-unsaturated/α-hetero) is 1. The predicted octanol–water partition coefficient (Wildman–Crippen LogP) is 2.79. The van der Waals surface area contributed by atoms with Gasteiger partial charge in [0.15, 0.2) is 12.4 Å². The first-order chi connectivity index (χ1) is 13.0. The van der Waals surface area contributed by atoms with Gasteiger partial charge in [-0.25, -0.2) is 9.18 Å². The number of ether oxygens (including phenoxy) is 1. The van der Waals surface area contributed by atoms with Crippen LogP contribution in [0.1, 0.15) is 33.6 Å². The molecule has 1 fully saturated rings. The highest BCUT2D eigenvalue weighted by Crippen LogP contribution is 2.37. The van der Waals surface area contributed by atoms with Crippen molar-refractivity contribution in [3.8, 4) is 0 Å². The second kappa shape index (κ2) is 6.83. The van der Waals surface area contributed by atoms with Gasteiger partial charge < -0.3 is 15.0 Å². The van der Waals surface area contributed by atoms with Gasteiger partial charge in [-0.1, -0.05) is 0 Å². The van der Waals surface area contributed by atoms with E-state index in [1.807, 2.05) is 4.90 Å². The molecular weight excluding hydrogens is 351 g/mol. The highest BCUT2D eigenvalue weighted by molar-refractivity contribution is 6.06. The number of carbonyl (C=O) groups is 3. The molecular formula is C20H17FN2O4. The lowest BCUT2D eigenvalue weighted by Gasteiger charge is -2.33. The number of halogens is 1. The minimum absolute atomic E-state index is 0.0722. The van der Waals surface area contributed by atoms with E-state index in [9.17, 15) is 18.8 Å². The van der Waals surface area contributed by atoms with Crippen LogP contribution in [0, 0.1) is 5.82 Å². The van der Waals surface area contributed by atoms with Crippen LogP contribution in [0.5, 0.6) is 0 Å². The van der Waals surface area contributed by atoms with E-state index >= 15 is 0 Å². The maximum atomic E-state index is 12.9. The molecule has 0 radical (unpaired) electrons. The molecule has 1 atom stereocenters. The number of ketones is 1. The molecule has 6 nitrogen and oxygen atoms in total. The Hall–Kier alpha value is -3.22. The number of benzene rings is 2. The summed E-state index contributed by atoms with van der Waals surface area (Å²) in [5.74, 6) is -1.60. The summed E-state index contributed by atoms with van der Waals surface area (Å²) in [5.41, 5.74) is 1.97. The number of carbonyl (C=O) groups excluding carboxylic acids is 3. The maximum absolute atomic E-state index is 12.9. The van der Waals surface area contributed by atoms with Crippen molar-refractivity contribution in [1.29, 1.82) is 0 Å². The van der Waals surface area contributed by atoms with Crippen LogP contribution in [0.15, 0.2) is 42.5 Å². The first kappa shape index (κ1) is 17.2. The molecule has 1 saturated heterocycles. The molecule has 27 heavy (non-hydrogen) atoms. The monoisotopic (exact) mass is 368 g/mol. The lowest BCUT2D eigenvalue weighted by Crippen LogP contribution is -2.43. The number of amides is 1. The number of rotatable bonds is 4. The smallest absolute Gasteiger partial charge is 0.338 e. The third-order valence-corrected chi connectivity index (χ3v) is 4.86. The third kappa shape index (κ3) is 3.28. The average Bonchev–Trinajstić information content (AvgIpc) is 3.17. The summed E-state index contributed by atoms with van der Waals surface area (Å²) >= 11 is 0. The molecule has 138 valence electrons. The van der Waals surface area contributed by atoms with Crippen molar-refractivity contribution in [3.05, 3.63) is 59.4 Å². The number of hydrogen-bond donors (Lipinski definition) is 1. The fourth-order valence-electron chi connectivity index (χ4n) is 3.49. The summed E-state index contributed by atoms with van der Waals surface area (Å²) in [5, 5.41) is 2.83. The number of nitrogens with one attached hydrogen (secondary N) is 1. The summed E-state index contributed by atoms with van der Waals surface area (Å²) in [6.07, 6.45) is 1.77. The zero-order valence-electron chi connectivity index (χ0n) is 14.4. The Labute approximate surface area is 154 Å². The van der Waals surface area contributed by atoms with E-state index in [-0.39, 0.29) is 23.1 Å². The number of nitrogens with zero attached hydrogens (tertiary/aromatic N) is 1. The SMILES string of the molecule is O=C(COC(=O)c1ccc2c(c1)NC(=O)[C@H]1CCCN21)c1ccc(F)cc1. The van der Waals surface area contributed by atoms with Gasteiger partial charge in [-0.05, 0) is 55.3 Å². The van der Waals surface area contributed by atoms with Crippen LogP contribution in [0.2, 0.25) is 0 Å². The van der Waals surface area contributed by atoms with E-state index < -0.39 is 24.2 Å². The van der Waals surface area contributed by atoms with Gasteiger partial charge in [0.2, 0.25) is 5.91 Å². The Kier molecular flexibility index (Phi) is 4.35. The first-order valence-corrected chi connectivity index (χ1v) is 8.70. The molecule has 1 N–H and O–H groups in total. The standard InChI is InChI=1S/C20H17FN2O4/c21-14-6-3-12(4-7-14)18(24)11-27-20(26)13-5-8-16-15(10-13)22-19(25)17-2-1-9-23(16)17/h3-8,10,17H,1-2,9,11H2,(H,22,25)/t17-/m1/s1. The zero-order valence-corrected chi connectivity index (χ0v) is 14.4. The van der Waals surface area contributed by atoms with Crippen LogP contribution in [0.25, 0.3) is 0 Å². The second-order valence-corrected chi connectivity index (χ2v) is 6.58. The van der Waals surface area contributed by atoms with E-state index in [1.54, 1.807) is 18.2 Å². The number of esters is 1. The van der Waals surface area contributed by atoms with Crippen LogP contribution >= 0.6 is 0 Å². The van der Waals surface area contributed by atoms with Crippen LogP contribution in [-0.2, 0) is 9.53 Å². The fraction of sp³-hybridized carbons (Fsp3) is 0.250. The largest absolute Gasteiger partial charge is 0.454 e. The van der Waals surface area contributed by atoms with Gasteiger partial charge >= 0.3 is 5.97 Å². The normalized spacial score (nSPS) is 17.7. The van der Waals surface area contributed by atoms with E-state index in [0.29, 0.717) is 5.69 Å². The van der Waals surface area contributed by atoms with Crippen molar-refractivity contribution < 1.29 is 23.5 Å². The fourth-order valence-corrected chi connectivity index (χ4v) is 3.49. The molecule has 0 aliphatic carbocycles. The molecule has 0 bridgehead atoms. The average molecular weight is 368 g/mol. The number of fused-ring (bicyclic) bond motifs is 3. The van der Waals surface area contributed by atoms with Crippen LogP contribution in [0.3, 0.4) is 0 Å². The van der Waals surface area contributed by atoms with E-state index in [2.05, 4.69) is 5.32 Å². The van der Waals surface area contributed by atoms with Crippen molar-refractivity contribution in [2.24, 2.45) is 0 Å². The summed E-state index contributed by atoms with van der Waals surface area (Å²) < 4.78 is 18.0. The molecule has 2 aliphatic heterocycles. The number of anilines is 2. The van der Waals surface area contributed by atoms with E-state index in [4.69, 9.17) is 4.74 Å². The highest BCUT2D eigenvalue weighted by atomic mass is 19.1. The van der Waals surface area contributed by atoms with Crippen LogP contribution in [-0.4, -0.2) is 36.9 Å². The van der Waals surface area contributed by atoms with Gasteiger partial charge in [0.1, 0.15) is 11.9 Å². The predicted molar refractivity (Wildman–Crippen MR) is 96.5 cm³/mol. The lowest BCUT2D eigenvalue weighted by atomic mass is 10.1. The topological polar surface area (TPSA) is 75.7 Å². The molecule has 2 heterocycles. The Bertz CT molecular complexity index is 926. The Morgan fingerprint density at radius 3 is 2.67 bits per heavy atom. The quantitative estimate of drug-likeness (QED) is 0.663. The van der Waals surface area contributed by atoms with Crippen molar-refractivity contribution >= 4 is 29.0 Å². The van der Waals surface area contributed by atoms with Crippen molar-refractivity contribution in [2.45, 2.75) is 18.9 Å². The second-order valence-electron chi connectivity index (χ2n) is 6.58. The molecule has 4 rings (SSSR count). The lowest BCUT2D eigenvalue weighted by molar-refractivity contribution is -0.117. The van der Waals surface area contributed by atoms with Gasteiger partial charge in [-0.3, -0.25) is 9.59 Å². The Morgan fingerprint density at radius 2 is 1.89 bits per heavy atom. The van der Waals surface area contributed by atoms with Crippen molar-refractivity contribution in [2.75, 3.05) is 23.4 Å². The molecule has 7 heteroatoms. The molecule has 2 aromatic rings. The minimum Gasteiger partial charge on any atom is -0.454 e. The van der Waals surface area contributed by atoms with Gasteiger partial charge in [0.05, 0.1) is 16.9 Å². The van der Waals surface area contributed by atoms with Crippen LogP contribution < -0.4 is 10.2 Å². The zero-order chi connectivity index (χ0) is 19.0. The molecule has 2 aliphatic rings. The third-order valence-electron chi connectivity index (χ3n) is 4.86. The molecule has 0 unspecified atom stereocenters. The molecule has 0 spiro atoms. The highest BCUT2D eigenvalue weighted by Gasteiger charge is 2.36. The molecule has 1 amide bonds. The summed E-state index contributed by atoms with van der Waals surface area (Å²) in [4.78, 5) is 38.5. The van der Waals surface area contributed by atoms with Crippen LogP contribution in [0.4, 0.5) is 15.8 Å². The Morgan fingerprint density at radius 1 is 1.15 bits per heavy atom.